The van der Waals surface area contributed by atoms with E-state index in [1.54, 1.807) is 0 Å². The minimum atomic E-state index is 0.164. The molecule has 4 nitrogen and oxygen atoms in total. The second-order valence-corrected chi connectivity index (χ2v) is 4.38. The van der Waals surface area contributed by atoms with Gasteiger partial charge in [0.2, 0.25) is 0 Å². The Bertz CT molecular complexity index is 375. The van der Waals surface area contributed by atoms with Crippen LogP contribution in [0.25, 0.3) is 0 Å². The van der Waals surface area contributed by atoms with Crippen molar-refractivity contribution in [2.45, 2.75) is 25.8 Å². The largest absolute Gasteiger partial charge is 0.490 e. The summed E-state index contributed by atoms with van der Waals surface area (Å²) in [5.41, 5.74) is 1.13. The van der Waals surface area contributed by atoms with Gasteiger partial charge in [0, 0.05) is 19.1 Å². The first-order valence-electron chi connectivity index (χ1n) is 6.59. The van der Waals surface area contributed by atoms with Gasteiger partial charge in [-0.15, -0.1) is 0 Å². The van der Waals surface area contributed by atoms with Gasteiger partial charge in [0.1, 0.15) is 0 Å². The van der Waals surface area contributed by atoms with Gasteiger partial charge in [-0.3, -0.25) is 0 Å². The molecule has 0 saturated carbocycles. The van der Waals surface area contributed by atoms with E-state index in [-0.39, 0.29) is 12.6 Å². The van der Waals surface area contributed by atoms with E-state index in [1.165, 1.54) is 0 Å². The molecule has 1 aromatic carbocycles. The average molecular weight is 251 g/mol. The Morgan fingerprint density at radius 3 is 2.78 bits per heavy atom. The summed E-state index contributed by atoms with van der Waals surface area (Å²) in [6.07, 6.45) is 1.62. The Kier molecular flexibility index (Phi) is 4.84. The maximum Gasteiger partial charge on any atom is 0.161 e. The molecule has 4 heteroatoms. The first-order chi connectivity index (χ1) is 8.85. The van der Waals surface area contributed by atoms with Crippen LogP contribution in [0.1, 0.15) is 31.4 Å². The van der Waals surface area contributed by atoms with Crippen molar-refractivity contribution in [3.63, 3.8) is 0 Å². The lowest BCUT2D eigenvalue weighted by atomic mass is 10.0. The molecule has 1 atom stereocenters. The highest BCUT2D eigenvalue weighted by Crippen LogP contribution is 2.32. The normalized spacial score (nSPS) is 16.1. The summed E-state index contributed by atoms with van der Waals surface area (Å²) in [7, 11) is 0. The molecule has 18 heavy (non-hydrogen) atoms. The highest BCUT2D eigenvalue weighted by molar-refractivity contribution is 5.44. The van der Waals surface area contributed by atoms with Gasteiger partial charge in [-0.2, -0.15) is 0 Å². The number of aliphatic hydroxyl groups is 1. The quantitative estimate of drug-likeness (QED) is 0.839. The van der Waals surface area contributed by atoms with Crippen molar-refractivity contribution in [2.75, 3.05) is 26.4 Å². The summed E-state index contributed by atoms with van der Waals surface area (Å²) in [6.45, 7) is 4.51. The Hall–Kier alpha value is -1.26. The van der Waals surface area contributed by atoms with Gasteiger partial charge in [0.15, 0.2) is 11.5 Å². The molecule has 1 heterocycles. The monoisotopic (exact) mass is 251 g/mol. The molecule has 0 saturated heterocycles. The zero-order valence-electron chi connectivity index (χ0n) is 10.8. The Balaban J connectivity index is 2.19. The lowest BCUT2D eigenvalue weighted by Crippen LogP contribution is -2.21. The average Bonchev–Trinajstić information content (AvgIpc) is 2.62. The fourth-order valence-electron chi connectivity index (χ4n) is 2.16. The molecule has 1 aliphatic rings. The maximum atomic E-state index is 9.11. The summed E-state index contributed by atoms with van der Waals surface area (Å²) in [5, 5.41) is 12.5. The molecule has 0 spiro atoms. The predicted octanol–water partition coefficient (Wildman–Crippen LogP) is 1.88. The molecule has 0 radical (unpaired) electrons. The maximum absolute atomic E-state index is 9.11. The molecule has 2 N–H and O–H groups in total. The minimum absolute atomic E-state index is 0.164. The van der Waals surface area contributed by atoms with Gasteiger partial charge in [0.05, 0.1) is 13.2 Å². The molecule has 1 unspecified atom stereocenters. The second-order valence-electron chi connectivity index (χ2n) is 4.38. The van der Waals surface area contributed by atoms with Crippen LogP contribution in [0.5, 0.6) is 11.5 Å². The van der Waals surface area contributed by atoms with Crippen LogP contribution in [-0.2, 0) is 0 Å². The first kappa shape index (κ1) is 13.2. The van der Waals surface area contributed by atoms with Gasteiger partial charge < -0.3 is 19.9 Å². The number of hydrogen-bond donors (Lipinski definition) is 2. The van der Waals surface area contributed by atoms with Crippen LogP contribution in [0.15, 0.2) is 18.2 Å². The van der Waals surface area contributed by atoms with Crippen molar-refractivity contribution < 1.29 is 14.6 Å². The van der Waals surface area contributed by atoms with Gasteiger partial charge in [-0.25, -0.2) is 0 Å². The van der Waals surface area contributed by atoms with E-state index in [4.69, 9.17) is 14.6 Å². The van der Waals surface area contributed by atoms with Crippen molar-refractivity contribution in [3.05, 3.63) is 23.8 Å². The van der Waals surface area contributed by atoms with Crippen molar-refractivity contribution in [1.82, 2.24) is 5.32 Å². The third kappa shape index (κ3) is 3.15. The van der Waals surface area contributed by atoms with E-state index in [9.17, 15) is 0 Å². The molecule has 0 aliphatic carbocycles. The summed E-state index contributed by atoms with van der Waals surface area (Å²) in [4.78, 5) is 0. The van der Waals surface area contributed by atoms with Gasteiger partial charge in [-0.1, -0.05) is 13.0 Å². The third-order valence-electron chi connectivity index (χ3n) is 3.04. The Labute approximate surface area is 108 Å². The van der Waals surface area contributed by atoms with Crippen LogP contribution >= 0.6 is 0 Å². The molecule has 1 aromatic rings. The van der Waals surface area contributed by atoms with Crippen LogP contribution in [0.4, 0.5) is 0 Å². The number of fused-ring (bicyclic) bond motifs is 1. The number of benzene rings is 1. The smallest absolute Gasteiger partial charge is 0.161 e. The van der Waals surface area contributed by atoms with Crippen LogP contribution in [0, 0.1) is 0 Å². The summed E-state index contributed by atoms with van der Waals surface area (Å²) >= 11 is 0. The first-order valence-corrected chi connectivity index (χ1v) is 6.59. The van der Waals surface area contributed by atoms with Crippen LogP contribution in [-0.4, -0.2) is 31.5 Å². The fraction of sp³-hybridized carbons (Fsp3) is 0.571. The van der Waals surface area contributed by atoms with Gasteiger partial charge >= 0.3 is 0 Å². The van der Waals surface area contributed by atoms with Crippen molar-refractivity contribution >= 4 is 0 Å². The van der Waals surface area contributed by atoms with E-state index in [1.807, 2.05) is 18.2 Å². The van der Waals surface area contributed by atoms with Crippen molar-refractivity contribution in [2.24, 2.45) is 0 Å². The van der Waals surface area contributed by atoms with Crippen molar-refractivity contribution in [1.29, 1.82) is 0 Å². The molecule has 2 rings (SSSR count). The molecule has 100 valence electrons. The van der Waals surface area contributed by atoms with E-state index in [0.29, 0.717) is 19.6 Å². The summed E-state index contributed by atoms with van der Waals surface area (Å²) < 4.78 is 11.3. The SMILES string of the molecule is CCNC(CCO)c1ccc2c(c1)OCCCO2. The number of hydrogen-bond acceptors (Lipinski definition) is 4. The zero-order chi connectivity index (χ0) is 12.8. The predicted molar refractivity (Wildman–Crippen MR) is 70.2 cm³/mol. The lowest BCUT2D eigenvalue weighted by molar-refractivity contribution is 0.266. The molecule has 1 aliphatic heterocycles. The highest BCUT2D eigenvalue weighted by atomic mass is 16.5. The molecule has 0 fully saturated rings. The molecule has 0 bridgehead atoms. The number of nitrogens with one attached hydrogen (secondary N) is 1. The van der Waals surface area contributed by atoms with E-state index < -0.39 is 0 Å². The van der Waals surface area contributed by atoms with E-state index >= 15 is 0 Å². The van der Waals surface area contributed by atoms with E-state index in [0.717, 1.165) is 30.0 Å². The van der Waals surface area contributed by atoms with Crippen molar-refractivity contribution in [3.8, 4) is 11.5 Å². The minimum Gasteiger partial charge on any atom is -0.490 e. The number of ether oxygens (including phenoxy) is 2. The van der Waals surface area contributed by atoms with Gasteiger partial charge in [0.25, 0.3) is 0 Å². The van der Waals surface area contributed by atoms with E-state index in [2.05, 4.69) is 12.2 Å². The third-order valence-corrected chi connectivity index (χ3v) is 3.04. The van der Waals surface area contributed by atoms with Crippen LogP contribution in [0.2, 0.25) is 0 Å². The molecular weight excluding hydrogens is 230 g/mol. The number of aliphatic hydroxyl groups excluding tert-OH is 1. The van der Waals surface area contributed by atoms with Crippen LogP contribution in [0.3, 0.4) is 0 Å². The Morgan fingerprint density at radius 2 is 2.06 bits per heavy atom. The lowest BCUT2D eigenvalue weighted by Gasteiger charge is -2.18. The topological polar surface area (TPSA) is 50.7 Å². The number of rotatable bonds is 5. The molecular formula is C14H21NO3. The fourth-order valence-corrected chi connectivity index (χ4v) is 2.16. The Morgan fingerprint density at radius 1 is 1.28 bits per heavy atom. The molecule has 0 aromatic heterocycles. The standard InChI is InChI=1S/C14H21NO3/c1-2-15-12(6-7-16)11-4-5-13-14(10-11)18-9-3-8-17-13/h4-5,10,12,15-16H,2-3,6-9H2,1H3. The summed E-state index contributed by atoms with van der Waals surface area (Å²) in [5.74, 6) is 1.63. The van der Waals surface area contributed by atoms with Crippen LogP contribution < -0.4 is 14.8 Å². The summed E-state index contributed by atoms with van der Waals surface area (Å²) in [6, 6.07) is 6.18. The zero-order valence-corrected chi connectivity index (χ0v) is 10.8. The highest BCUT2D eigenvalue weighted by Gasteiger charge is 2.15. The second kappa shape index (κ2) is 6.61. The molecule has 0 amide bonds. The van der Waals surface area contributed by atoms with Gasteiger partial charge in [-0.05, 0) is 30.7 Å².